The number of ether oxygens (including phenoxy) is 1. The van der Waals surface area contributed by atoms with Gasteiger partial charge in [-0.2, -0.15) is 0 Å². The molecule has 1 aromatic rings. The number of nitrogens with two attached hydrogens (primary N) is 1. The SMILES string of the molecule is C[C@@H](Oc1ccc(F)cc1Br)C(=O)N1CC[C@H](CN)C1. The molecule has 0 spiro atoms. The number of nitrogens with zero attached hydrogens (tertiary/aromatic N) is 1. The molecule has 1 aliphatic heterocycles. The third-order valence-corrected chi connectivity index (χ3v) is 4.10. The first kappa shape index (κ1) is 15.3. The monoisotopic (exact) mass is 344 g/mol. The summed E-state index contributed by atoms with van der Waals surface area (Å²) >= 11 is 3.22. The van der Waals surface area contributed by atoms with Gasteiger partial charge in [-0.05, 0) is 59.9 Å². The molecule has 0 bridgehead atoms. The first-order valence-electron chi connectivity index (χ1n) is 6.62. The van der Waals surface area contributed by atoms with E-state index < -0.39 is 6.10 Å². The zero-order valence-corrected chi connectivity index (χ0v) is 12.9. The Morgan fingerprint density at radius 3 is 3.00 bits per heavy atom. The number of rotatable bonds is 4. The van der Waals surface area contributed by atoms with Crippen molar-refractivity contribution >= 4 is 21.8 Å². The molecule has 2 N–H and O–H groups in total. The highest BCUT2D eigenvalue weighted by atomic mass is 79.9. The fourth-order valence-electron chi connectivity index (χ4n) is 2.29. The van der Waals surface area contributed by atoms with Crippen molar-refractivity contribution in [1.82, 2.24) is 4.90 Å². The molecule has 2 rings (SSSR count). The summed E-state index contributed by atoms with van der Waals surface area (Å²) in [5.74, 6) is 0.427. The van der Waals surface area contributed by atoms with E-state index in [9.17, 15) is 9.18 Å². The number of halogens is 2. The van der Waals surface area contributed by atoms with E-state index in [0.29, 0.717) is 29.2 Å². The number of likely N-dealkylation sites (tertiary alicyclic amines) is 1. The van der Waals surface area contributed by atoms with Crippen LogP contribution < -0.4 is 10.5 Å². The number of amides is 1. The number of hydrogen-bond acceptors (Lipinski definition) is 3. The predicted octanol–water partition coefficient (Wildman–Crippen LogP) is 2.16. The van der Waals surface area contributed by atoms with Gasteiger partial charge in [0.25, 0.3) is 5.91 Å². The van der Waals surface area contributed by atoms with Gasteiger partial charge in [-0.1, -0.05) is 0 Å². The molecular formula is C14H18BrFN2O2. The van der Waals surface area contributed by atoms with Crippen molar-refractivity contribution in [2.75, 3.05) is 19.6 Å². The summed E-state index contributed by atoms with van der Waals surface area (Å²) in [7, 11) is 0. The topological polar surface area (TPSA) is 55.6 Å². The van der Waals surface area contributed by atoms with Gasteiger partial charge in [-0.3, -0.25) is 4.79 Å². The summed E-state index contributed by atoms with van der Waals surface area (Å²) in [6, 6.07) is 4.13. The van der Waals surface area contributed by atoms with E-state index >= 15 is 0 Å². The Labute approximate surface area is 126 Å². The van der Waals surface area contributed by atoms with Crippen molar-refractivity contribution in [3.05, 3.63) is 28.5 Å². The molecule has 6 heteroatoms. The summed E-state index contributed by atoms with van der Waals surface area (Å²) in [6.45, 7) is 3.71. The van der Waals surface area contributed by atoms with Crippen LogP contribution in [0.5, 0.6) is 5.75 Å². The maximum Gasteiger partial charge on any atom is 0.263 e. The molecule has 1 aromatic carbocycles. The van der Waals surface area contributed by atoms with Gasteiger partial charge in [0.05, 0.1) is 4.47 Å². The molecule has 0 aromatic heterocycles. The molecule has 4 nitrogen and oxygen atoms in total. The molecule has 1 saturated heterocycles. The Morgan fingerprint density at radius 2 is 2.40 bits per heavy atom. The molecule has 1 heterocycles. The molecule has 1 fully saturated rings. The van der Waals surface area contributed by atoms with E-state index in [0.717, 1.165) is 13.0 Å². The Morgan fingerprint density at radius 1 is 1.65 bits per heavy atom. The highest BCUT2D eigenvalue weighted by molar-refractivity contribution is 9.10. The van der Waals surface area contributed by atoms with Gasteiger partial charge in [0.1, 0.15) is 11.6 Å². The van der Waals surface area contributed by atoms with Crippen molar-refractivity contribution < 1.29 is 13.9 Å². The minimum absolute atomic E-state index is 0.0582. The standard InChI is InChI=1S/C14H18BrFN2O2/c1-9(14(19)18-5-4-10(7-17)8-18)20-13-3-2-11(16)6-12(13)15/h2-3,6,9-10H,4-5,7-8,17H2,1H3/t9-,10-/m1/s1. The van der Waals surface area contributed by atoms with Crippen LogP contribution in [-0.4, -0.2) is 36.5 Å². The van der Waals surface area contributed by atoms with Crippen LogP contribution in [0.3, 0.4) is 0 Å². The summed E-state index contributed by atoms with van der Waals surface area (Å²) in [4.78, 5) is 14.0. The number of carbonyl (C=O) groups excluding carboxylic acids is 1. The molecular weight excluding hydrogens is 327 g/mol. The Balaban J connectivity index is 1.97. The molecule has 0 saturated carbocycles. The second kappa shape index (κ2) is 6.54. The number of benzene rings is 1. The van der Waals surface area contributed by atoms with E-state index in [-0.39, 0.29) is 11.7 Å². The van der Waals surface area contributed by atoms with Crippen molar-refractivity contribution in [2.24, 2.45) is 11.7 Å². The lowest BCUT2D eigenvalue weighted by Crippen LogP contribution is -2.39. The van der Waals surface area contributed by atoms with E-state index in [1.807, 2.05) is 0 Å². The van der Waals surface area contributed by atoms with Gasteiger partial charge in [0.2, 0.25) is 0 Å². The van der Waals surface area contributed by atoms with Crippen LogP contribution >= 0.6 is 15.9 Å². The lowest BCUT2D eigenvalue weighted by Gasteiger charge is -2.22. The largest absolute Gasteiger partial charge is 0.480 e. The van der Waals surface area contributed by atoms with E-state index in [2.05, 4.69) is 15.9 Å². The molecule has 2 atom stereocenters. The van der Waals surface area contributed by atoms with Crippen LogP contribution in [0.4, 0.5) is 4.39 Å². The highest BCUT2D eigenvalue weighted by Gasteiger charge is 2.29. The lowest BCUT2D eigenvalue weighted by molar-refractivity contribution is -0.137. The Kier molecular flexibility index (Phi) is 4.99. The first-order valence-corrected chi connectivity index (χ1v) is 7.41. The molecule has 0 aliphatic carbocycles. The fraction of sp³-hybridized carbons (Fsp3) is 0.500. The number of carbonyl (C=O) groups is 1. The highest BCUT2D eigenvalue weighted by Crippen LogP contribution is 2.27. The predicted molar refractivity (Wildman–Crippen MR) is 77.9 cm³/mol. The van der Waals surface area contributed by atoms with Gasteiger partial charge >= 0.3 is 0 Å². The first-order chi connectivity index (χ1) is 9.51. The van der Waals surface area contributed by atoms with Gasteiger partial charge in [0, 0.05) is 13.1 Å². The van der Waals surface area contributed by atoms with E-state index in [1.165, 1.54) is 18.2 Å². The average molecular weight is 345 g/mol. The summed E-state index contributed by atoms with van der Waals surface area (Å²) in [6.07, 6.45) is 0.336. The zero-order valence-electron chi connectivity index (χ0n) is 11.3. The quantitative estimate of drug-likeness (QED) is 0.910. The molecule has 20 heavy (non-hydrogen) atoms. The van der Waals surface area contributed by atoms with Gasteiger partial charge in [0.15, 0.2) is 6.10 Å². The molecule has 0 radical (unpaired) electrons. The molecule has 1 aliphatic rings. The van der Waals surface area contributed by atoms with Gasteiger partial charge in [-0.15, -0.1) is 0 Å². The van der Waals surface area contributed by atoms with Crippen LogP contribution in [0.2, 0.25) is 0 Å². The third kappa shape index (κ3) is 3.49. The second-order valence-electron chi connectivity index (χ2n) is 5.01. The van der Waals surface area contributed by atoms with Gasteiger partial charge in [-0.25, -0.2) is 4.39 Å². The van der Waals surface area contributed by atoms with Crippen LogP contribution in [0, 0.1) is 11.7 Å². The normalized spacial score (nSPS) is 20.0. The molecule has 0 unspecified atom stereocenters. The Bertz CT molecular complexity index is 498. The van der Waals surface area contributed by atoms with Crippen LogP contribution in [0.15, 0.2) is 22.7 Å². The maximum atomic E-state index is 13.0. The fourth-order valence-corrected chi connectivity index (χ4v) is 2.74. The van der Waals surface area contributed by atoms with Crippen LogP contribution in [-0.2, 0) is 4.79 Å². The lowest BCUT2D eigenvalue weighted by atomic mass is 10.1. The zero-order chi connectivity index (χ0) is 14.7. The minimum Gasteiger partial charge on any atom is -0.480 e. The van der Waals surface area contributed by atoms with E-state index in [4.69, 9.17) is 10.5 Å². The van der Waals surface area contributed by atoms with Crippen molar-refractivity contribution in [3.8, 4) is 5.75 Å². The van der Waals surface area contributed by atoms with Gasteiger partial charge < -0.3 is 15.4 Å². The summed E-state index contributed by atoms with van der Waals surface area (Å²) < 4.78 is 19.1. The van der Waals surface area contributed by atoms with Crippen molar-refractivity contribution in [3.63, 3.8) is 0 Å². The van der Waals surface area contributed by atoms with E-state index in [1.54, 1.807) is 11.8 Å². The Hall–Kier alpha value is -1.14. The van der Waals surface area contributed by atoms with Crippen LogP contribution in [0.25, 0.3) is 0 Å². The number of hydrogen-bond donors (Lipinski definition) is 1. The molecule has 110 valence electrons. The van der Waals surface area contributed by atoms with Crippen molar-refractivity contribution in [2.45, 2.75) is 19.4 Å². The summed E-state index contributed by atoms with van der Waals surface area (Å²) in [5, 5.41) is 0. The third-order valence-electron chi connectivity index (χ3n) is 3.48. The minimum atomic E-state index is -0.603. The molecule has 1 amide bonds. The maximum absolute atomic E-state index is 13.0. The smallest absolute Gasteiger partial charge is 0.263 e. The average Bonchev–Trinajstić information content (AvgIpc) is 2.89. The van der Waals surface area contributed by atoms with Crippen molar-refractivity contribution in [1.29, 1.82) is 0 Å². The van der Waals surface area contributed by atoms with Crippen LogP contribution in [0.1, 0.15) is 13.3 Å². The summed E-state index contributed by atoms with van der Waals surface area (Å²) in [5.41, 5.74) is 5.62. The second-order valence-corrected chi connectivity index (χ2v) is 5.86.